The highest BCUT2D eigenvalue weighted by Gasteiger charge is 2.49. The van der Waals surface area contributed by atoms with Gasteiger partial charge in [-0.2, -0.15) is 5.10 Å². The Morgan fingerprint density at radius 3 is 2.95 bits per heavy atom. The first kappa shape index (κ1) is 14.5. The van der Waals surface area contributed by atoms with Crippen LogP contribution >= 0.6 is 15.9 Å². The Morgan fingerprint density at radius 2 is 2.29 bits per heavy atom. The summed E-state index contributed by atoms with van der Waals surface area (Å²) >= 11 is 3.20. The van der Waals surface area contributed by atoms with Crippen molar-refractivity contribution in [3.05, 3.63) is 16.4 Å². The fourth-order valence-electron chi connectivity index (χ4n) is 2.98. The number of hydrogen-bond donors (Lipinski definition) is 3. The van der Waals surface area contributed by atoms with Gasteiger partial charge in [0.25, 0.3) is 5.91 Å². The van der Waals surface area contributed by atoms with Gasteiger partial charge in [0, 0.05) is 12.5 Å². The van der Waals surface area contributed by atoms with Gasteiger partial charge in [-0.15, -0.1) is 0 Å². The molecule has 1 aromatic heterocycles. The first-order valence-corrected chi connectivity index (χ1v) is 7.79. The third kappa shape index (κ3) is 2.96. The number of piperidine rings is 1. The molecule has 2 fully saturated rings. The number of hydrogen-bond acceptors (Lipinski definition) is 5. The van der Waals surface area contributed by atoms with Gasteiger partial charge in [-0.3, -0.25) is 14.7 Å². The average Bonchev–Trinajstić information content (AvgIpc) is 3.03. The number of rotatable bonds is 3. The van der Waals surface area contributed by atoms with Gasteiger partial charge in [0.05, 0.1) is 12.0 Å². The van der Waals surface area contributed by atoms with E-state index in [0.717, 1.165) is 25.9 Å². The molecule has 0 bridgehead atoms. The van der Waals surface area contributed by atoms with Crippen LogP contribution in [0.3, 0.4) is 0 Å². The summed E-state index contributed by atoms with van der Waals surface area (Å²) < 4.78 is 6.07. The van der Waals surface area contributed by atoms with Gasteiger partial charge >= 0.3 is 5.97 Å². The number of cyclic esters (lactones) is 1. The van der Waals surface area contributed by atoms with E-state index in [4.69, 9.17) is 4.74 Å². The van der Waals surface area contributed by atoms with Crippen molar-refractivity contribution in [3.63, 3.8) is 0 Å². The number of nitrogens with zero attached hydrogens (tertiary/aromatic N) is 1. The van der Waals surface area contributed by atoms with Crippen LogP contribution in [-0.2, 0) is 9.53 Å². The molecule has 8 heteroatoms. The standard InChI is InChI=1S/C13H17BrN4O3/c14-10-5-9(17-18-10)11(19)16-7-8-6-13(12(20)21-8)1-3-15-4-2-13/h5,8,15H,1-4,6-7H2,(H,16,19)(H,17,18). The monoisotopic (exact) mass is 356 g/mol. The van der Waals surface area contributed by atoms with Crippen LogP contribution in [0.4, 0.5) is 0 Å². The molecule has 3 N–H and O–H groups in total. The van der Waals surface area contributed by atoms with E-state index in [1.807, 2.05) is 0 Å². The van der Waals surface area contributed by atoms with E-state index < -0.39 is 0 Å². The number of H-pyrrole nitrogens is 1. The van der Waals surface area contributed by atoms with E-state index in [1.165, 1.54) is 0 Å². The van der Waals surface area contributed by atoms with Crippen molar-refractivity contribution in [3.8, 4) is 0 Å². The highest BCUT2D eigenvalue weighted by Crippen LogP contribution is 2.41. The molecule has 114 valence electrons. The summed E-state index contributed by atoms with van der Waals surface area (Å²) in [6, 6.07) is 1.60. The number of carbonyl (C=O) groups excluding carboxylic acids is 2. The molecule has 2 aliphatic heterocycles. The Hall–Kier alpha value is -1.41. The highest BCUT2D eigenvalue weighted by molar-refractivity contribution is 9.10. The summed E-state index contributed by atoms with van der Waals surface area (Å²) in [5.41, 5.74) is -0.0431. The lowest BCUT2D eigenvalue weighted by atomic mass is 9.76. The third-order valence-electron chi connectivity index (χ3n) is 4.16. The SMILES string of the molecule is O=C(NCC1CC2(CCNCC2)C(=O)O1)c1cc(Br)[nH]n1. The van der Waals surface area contributed by atoms with Gasteiger partial charge in [0.1, 0.15) is 10.7 Å². The third-order valence-corrected chi connectivity index (χ3v) is 4.56. The molecular formula is C13H17BrN4O3. The van der Waals surface area contributed by atoms with Crippen LogP contribution in [0.5, 0.6) is 0 Å². The molecule has 7 nitrogen and oxygen atoms in total. The Morgan fingerprint density at radius 1 is 1.52 bits per heavy atom. The number of aromatic amines is 1. The highest BCUT2D eigenvalue weighted by atomic mass is 79.9. The summed E-state index contributed by atoms with van der Waals surface area (Å²) in [6.45, 7) is 2.01. The maximum Gasteiger partial charge on any atom is 0.312 e. The van der Waals surface area contributed by atoms with Crippen molar-refractivity contribution in [1.82, 2.24) is 20.8 Å². The van der Waals surface area contributed by atoms with Gasteiger partial charge < -0.3 is 15.4 Å². The van der Waals surface area contributed by atoms with Crippen LogP contribution in [0.25, 0.3) is 0 Å². The van der Waals surface area contributed by atoms with Gasteiger partial charge in [-0.25, -0.2) is 0 Å². The van der Waals surface area contributed by atoms with E-state index in [2.05, 4.69) is 36.8 Å². The van der Waals surface area contributed by atoms with Crippen molar-refractivity contribution >= 4 is 27.8 Å². The molecule has 2 saturated heterocycles. The fourth-order valence-corrected chi connectivity index (χ4v) is 3.28. The Bertz CT molecular complexity index is 553. The lowest BCUT2D eigenvalue weighted by Crippen LogP contribution is -2.39. The number of nitrogens with one attached hydrogen (secondary N) is 3. The first-order chi connectivity index (χ1) is 10.1. The fraction of sp³-hybridized carbons (Fsp3) is 0.615. The van der Waals surface area contributed by atoms with Gasteiger partial charge in [-0.1, -0.05) is 0 Å². The maximum atomic E-state index is 12.1. The second kappa shape index (κ2) is 5.76. The minimum Gasteiger partial charge on any atom is -0.460 e. The zero-order valence-corrected chi connectivity index (χ0v) is 13.0. The molecule has 1 amide bonds. The van der Waals surface area contributed by atoms with Crippen LogP contribution in [0.1, 0.15) is 29.8 Å². The zero-order valence-electron chi connectivity index (χ0n) is 11.4. The summed E-state index contributed by atoms with van der Waals surface area (Å²) in [4.78, 5) is 24.0. The Balaban J connectivity index is 1.55. The molecule has 3 rings (SSSR count). The first-order valence-electron chi connectivity index (χ1n) is 7.00. The molecule has 3 heterocycles. The van der Waals surface area contributed by atoms with Gasteiger partial charge in [-0.05, 0) is 41.9 Å². The summed E-state index contributed by atoms with van der Waals surface area (Å²) in [5.74, 6) is -0.398. The van der Waals surface area contributed by atoms with E-state index in [9.17, 15) is 9.59 Å². The van der Waals surface area contributed by atoms with Gasteiger partial charge in [0.2, 0.25) is 0 Å². The lowest BCUT2D eigenvalue weighted by Gasteiger charge is -2.29. The Labute approximate surface area is 130 Å². The lowest BCUT2D eigenvalue weighted by molar-refractivity contribution is -0.149. The summed E-state index contributed by atoms with van der Waals surface area (Å²) in [5, 5.41) is 12.5. The maximum absolute atomic E-state index is 12.1. The molecule has 1 spiro atoms. The summed E-state index contributed by atoms with van der Waals surface area (Å²) in [6.07, 6.45) is 2.05. The summed E-state index contributed by atoms with van der Waals surface area (Å²) in [7, 11) is 0. The predicted molar refractivity (Wildman–Crippen MR) is 77.7 cm³/mol. The van der Waals surface area contributed by atoms with Gasteiger partial charge in [0.15, 0.2) is 5.69 Å². The number of halogens is 1. The average molecular weight is 357 g/mol. The number of aromatic nitrogens is 2. The normalized spacial score (nSPS) is 24.0. The van der Waals surface area contributed by atoms with E-state index in [1.54, 1.807) is 6.07 Å². The second-order valence-electron chi connectivity index (χ2n) is 5.57. The Kier molecular flexibility index (Phi) is 3.99. The largest absolute Gasteiger partial charge is 0.460 e. The van der Waals surface area contributed by atoms with Crippen LogP contribution in [0.2, 0.25) is 0 Å². The molecule has 1 atom stereocenters. The molecule has 0 aliphatic carbocycles. The van der Waals surface area contributed by atoms with Crippen LogP contribution in [-0.4, -0.2) is 47.8 Å². The van der Waals surface area contributed by atoms with Crippen LogP contribution in [0, 0.1) is 5.41 Å². The number of esters is 1. The van der Waals surface area contributed by atoms with Crippen LogP contribution < -0.4 is 10.6 Å². The number of ether oxygens (including phenoxy) is 1. The second-order valence-corrected chi connectivity index (χ2v) is 6.43. The van der Waals surface area contributed by atoms with Crippen molar-refractivity contribution < 1.29 is 14.3 Å². The molecule has 1 unspecified atom stereocenters. The molecule has 2 aliphatic rings. The topological polar surface area (TPSA) is 96.1 Å². The molecule has 21 heavy (non-hydrogen) atoms. The molecule has 0 saturated carbocycles. The zero-order chi connectivity index (χ0) is 14.9. The smallest absolute Gasteiger partial charge is 0.312 e. The van der Waals surface area contributed by atoms with Crippen LogP contribution in [0.15, 0.2) is 10.7 Å². The van der Waals surface area contributed by atoms with E-state index in [0.29, 0.717) is 23.3 Å². The van der Waals surface area contributed by atoms with E-state index >= 15 is 0 Å². The van der Waals surface area contributed by atoms with Crippen molar-refractivity contribution in [2.75, 3.05) is 19.6 Å². The quantitative estimate of drug-likeness (QED) is 0.688. The van der Waals surface area contributed by atoms with Crippen molar-refractivity contribution in [2.24, 2.45) is 5.41 Å². The number of amides is 1. The molecule has 0 aromatic carbocycles. The minimum atomic E-state index is -0.351. The van der Waals surface area contributed by atoms with E-state index in [-0.39, 0.29) is 23.4 Å². The van der Waals surface area contributed by atoms with Crippen molar-refractivity contribution in [1.29, 1.82) is 0 Å². The van der Waals surface area contributed by atoms with Crippen molar-refractivity contribution in [2.45, 2.75) is 25.4 Å². The molecular weight excluding hydrogens is 340 g/mol. The molecule has 1 aromatic rings. The number of carbonyl (C=O) groups is 2. The molecule has 0 radical (unpaired) electrons. The predicted octanol–water partition coefficient (Wildman–Crippen LogP) is 0.587. The minimum absolute atomic E-state index is 0.120.